The molecule has 0 aliphatic heterocycles. The highest BCUT2D eigenvalue weighted by Crippen LogP contribution is 2.15. The lowest BCUT2D eigenvalue weighted by Gasteiger charge is -1.97. The van der Waals surface area contributed by atoms with E-state index in [2.05, 4.69) is 9.88 Å². The summed E-state index contributed by atoms with van der Waals surface area (Å²) in [6.07, 6.45) is -4.96. The smallest absolute Gasteiger partial charge is 0.172 e. The molecule has 7 heteroatoms. The highest BCUT2D eigenvalue weighted by Gasteiger charge is 2.32. The molecule has 0 aliphatic rings. The standard InChI is InChI=1S/CF3NO3/c2-1(3,4)7-8-5-6. The molecule has 0 aliphatic carbocycles. The van der Waals surface area contributed by atoms with Crippen LogP contribution >= 0.6 is 0 Å². The van der Waals surface area contributed by atoms with Crippen molar-refractivity contribution < 1.29 is 23.0 Å². The summed E-state index contributed by atoms with van der Waals surface area (Å²) in [7, 11) is 0. The first-order valence-electron chi connectivity index (χ1n) is 1.30. The zero-order valence-corrected chi connectivity index (χ0v) is 3.31. The van der Waals surface area contributed by atoms with Crippen molar-refractivity contribution in [1.82, 2.24) is 0 Å². The van der Waals surface area contributed by atoms with E-state index in [0.29, 0.717) is 0 Å². The molecular weight excluding hydrogens is 131 g/mol. The molecule has 0 atom stereocenters. The second-order valence-electron chi connectivity index (χ2n) is 0.678. The lowest BCUT2D eigenvalue weighted by Crippen LogP contribution is -2.11. The number of hydrogen-bond acceptors (Lipinski definition) is 4. The summed E-state index contributed by atoms with van der Waals surface area (Å²) < 4.78 is 32.1. The first-order valence-corrected chi connectivity index (χ1v) is 1.30. The molecule has 0 bridgehead atoms. The van der Waals surface area contributed by atoms with Crippen LogP contribution in [0.1, 0.15) is 0 Å². The zero-order valence-electron chi connectivity index (χ0n) is 3.31. The Hall–Kier alpha value is -0.850. The first-order chi connectivity index (χ1) is 3.56. The Bertz CT molecular complexity index is 79.1. The molecule has 0 fully saturated rings. The fourth-order valence-electron chi connectivity index (χ4n) is 0.0575. The second-order valence-corrected chi connectivity index (χ2v) is 0.678. The van der Waals surface area contributed by atoms with E-state index in [1.807, 2.05) is 0 Å². The highest BCUT2D eigenvalue weighted by molar-refractivity contribution is 4.12. The number of rotatable bonds is 2. The van der Waals surface area contributed by atoms with Gasteiger partial charge in [-0.15, -0.1) is 18.1 Å². The molecule has 0 aromatic rings. The van der Waals surface area contributed by atoms with Crippen molar-refractivity contribution in [1.29, 1.82) is 0 Å². The fraction of sp³-hybridized carbons (Fsp3) is 1.00. The van der Waals surface area contributed by atoms with Crippen molar-refractivity contribution in [2.24, 2.45) is 5.34 Å². The van der Waals surface area contributed by atoms with Gasteiger partial charge < -0.3 is 0 Å². The summed E-state index contributed by atoms with van der Waals surface area (Å²) >= 11 is 0. The van der Waals surface area contributed by atoms with Gasteiger partial charge in [-0.2, -0.15) is 4.99 Å². The van der Waals surface area contributed by atoms with E-state index in [-0.39, 0.29) is 0 Å². The molecule has 0 saturated carbocycles. The van der Waals surface area contributed by atoms with Crippen LogP contribution in [-0.4, -0.2) is 6.36 Å². The third-order valence-electron chi connectivity index (χ3n) is 0.162. The van der Waals surface area contributed by atoms with E-state index < -0.39 is 6.36 Å². The quantitative estimate of drug-likeness (QED) is 0.320. The van der Waals surface area contributed by atoms with Crippen LogP contribution in [-0.2, 0) is 9.88 Å². The summed E-state index contributed by atoms with van der Waals surface area (Å²) in [5.41, 5.74) is 0. The van der Waals surface area contributed by atoms with Gasteiger partial charge in [0.05, 0.1) is 0 Å². The van der Waals surface area contributed by atoms with Crippen LogP contribution in [0.25, 0.3) is 0 Å². The van der Waals surface area contributed by atoms with E-state index in [1.54, 1.807) is 0 Å². The van der Waals surface area contributed by atoms with Crippen molar-refractivity contribution in [3.63, 3.8) is 0 Å². The Morgan fingerprint density at radius 2 is 1.88 bits per heavy atom. The lowest BCUT2D eigenvalue weighted by atomic mass is 11.4. The van der Waals surface area contributed by atoms with Crippen molar-refractivity contribution in [3.05, 3.63) is 4.91 Å². The first kappa shape index (κ1) is 7.15. The predicted octanol–water partition coefficient (Wildman–Crippen LogP) is 1.14. The zero-order chi connectivity index (χ0) is 6.62. The average Bonchev–Trinajstić information content (AvgIpc) is 1.59. The molecule has 0 rings (SSSR count). The summed E-state index contributed by atoms with van der Waals surface area (Å²) in [6.45, 7) is 0. The molecule has 0 N–H and O–H groups in total. The Morgan fingerprint density at radius 3 is 2.00 bits per heavy atom. The second kappa shape index (κ2) is 2.46. The summed E-state index contributed by atoms with van der Waals surface area (Å²) in [6, 6.07) is 0. The molecule has 0 amide bonds. The van der Waals surface area contributed by atoms with Gasteiger partial charge in [-0.25, -0.2) is 0 Å². The van der Waals surface area contributed by atoms with Gasteiger partial charge >= 0.3 is 6.36 Å². The Kier molecular flexibility index (Phi) is 2.19. The van der Waals surface area contributed by atoms with Gasteiger partial charge in [-0.3, -0.25) is 0 Å². The van der Waals surface area contributed by atoms with Gasteiger partial charge in [0.25, 0.3) is 0 Å². The molecule has 0 spiro atoms. The van der Waals surface area contributed by atoms with Crippen LogP contribution in [0.5, 0.6) is 0 Å². The van der Waals surface area contributed by atoms with Crippen LogP contribution in [0.2, 0.25) is 0 Å². The molecule has 0 aromatic heterocycles. The largest absolute Gasteiger partial charge is 0.560 e. The maximum atomic E-state index is 10.7. The van der Waals surface area contributed by atoms with Gasteiger partial charge in [-0.1, -0.05) is 4.89 Å². The topological polar surface area (TPSA) is 47.9 Å². The summed E-state index contributed by atoms with van der Waals surface area (Å²) in [5.74, 6) is 0. The summed E-state index contributed by atoms with van der Waals surface area (Å²) in [4.78, 5) is 13.8. The Labute approximate surface area is 41.0 Å². The monoisotopic (exact) mass is 131 g/mol. The van der Waals surface area contributed by atoms with E-state index in [1.165, 1.54) is 5.34 Å². The van der Waals surface area contributed by atoms with Crippen LogP contribution in [0.15, 0.2) is 5.34 Å². The normalized spacial score (nSPS) is 10.9. The molecule has 0 aromatic carbocycles. The van der Waals surface area contributed by atoms with Gasteiger partial charge in [-0.05, 0) is 0 Å². The van der Waals surface area contributed by atoms with E-state index in [0.717, 1.165) is 0 Å². The number of alkyl halides is 3. The third-order valence-corrected chi connectivity index (χ3v) is 0.162. The Morgan fingerprint density at radius 1 is 1.38 bits per heavy atom. The van der Waals surface area contributed by atoms with Gasteiger partial charge in [0.15, 0.2) is 5.34 Å². The van der Waals surface area contributed by atoms with Crippen LogP contribution in [0, 0.1) is 4.91 Å². The molecular formula is CF3NO3. The molecule has 0 unspecified atom stereocenters. The van der Waals surface area contributed by atoms with Gasteiger partial charge in [0.1, 0.15) is 0 Å². The maximum Gasteiger partial charge on any atom is 0.560 e. The molecule has 4 nitrogen and oxygen atoms in total. The number of hydrogen-bond donors (Lipinski definition) is 0. The summed E-state index contributed by atoms with van der Waals surface area (Å²) in [5, 5.41) is 1.33. The molecule has 0 radical (unpaired) electrons. The Balaban J connectivity index is 3.24. The van der Waals surface area contributed by atoms with E-state index in [9.17, 15) is 13.2 Å². The van der Waals surface area contributed by atoms with E-state index >= 15 is 0 Å². The fourth-order valence-corrected chi connectivity index (χ4v) is 0.0575. The minimum atomic E-state index is -4.96. The van der Waals surface area contributed by atoms with Crippen molar-refractivity contribution in [3.8, 4) is 0 Å². The SMILES string of the molecule is O=NOOC(F)(F)F. The lowest BCUT2D eigenvalue weighted by molar-refractivity contribution is -0.486. The minimum Gasteiger partial charge on any atom is -0.172 e. The minimum absolute atomic E-state index is 1.33. The van der Waals surface area contributed by atoms with E-state index in [4.69, 9.17) is 4.91 Å². The number of halogens is 3. The maximum absolute atomic E-state index is 10.7. The third kappa shape index (κ3) is 5.15. The molecule has 48 valence electrons. The van der Waals surface area contributed by atoms with Crippen molar-refractivity contribution in [2.75, 3.05) is 0 Å². The van der Waals surface area contributed by atoms with Gasteiger partial charge in [0, 0.05) is 0 Å². The molecule has 8 heavy (non-hydrogen) atoms. The van der Waals surface area contributed by atoms with Crippen molar-refractivity contribution >= 4 is 0 Å². The van der Waals surface area contributed by atoms with Crippen LogP contribution < -0.4 is 0 Å². The predicted molar refractivity (Wildman–Crippen MR) is 14.0 cm³/mol. The van der Waals surface area contributed by atoms with Crippen molar-refractivity contribution in [2.45, 2.75) is 6.36 Å². The number of nitrogens with zero attached hydrogens (tertiary/aromatic N) is 1. The highest BCUT2D eigenvalue weighted by atomic mass is 19.4. The van der Waals surface area contributed by atoms with Gasteiger partial charge in [0.2, 0.25) is 0 Å². The van der Waals surface area contributed by atoms with Crippen LogP contribution in [0.3, 0.4) is 0 Å². The average molecular weight is 131 g/mol. The molecule has 0 saturated heterocycles. The van der Waals surface area contributed by atoms with Crippen LogP contribution in [0.4, 0.5) is 13.2 Å². The molecule has 0 heterocycles.